The molecule has 1 N–H and O–H groups in total. The zero-order chi connectivity index (χ0) is 20.1. The first kappa shape index (κ1) is 18.8. The highest BCUT2D eigenvalue weighted by atomic mass is 16.6. The summed E-state index contributed by atoms with van der Waals surface area (Å²) in [6.45, 7) is 0. The molecule has 6 heteroatoms. The van der Waals surface area contributed by atoms with Gasteiger partial charge in [0.05, 0.1) is 16.6 Å². The van der Waals surface area contributed by atoms with Crippen LogP contribution in [0, 0.1) is 10.1 Å². The van der Waals surface area contributed by atoms with E-state index in [9.17, 15) is 20.0 Å². The van der Waals surface area contributed by atoms with Gasteiger partial charge in [-0.25, -0.2) is 0 Å². The number of carbonyl (C=O) groups excluding carboxylic acids is 1. The van der Waals surface area contributed by atoms with Crippen LogP contribution in [0.5, 0.6) is 5.75 Å². The average Bonchev–Trinajstić information content (AvgIpc) is 2.72. The van der Waals surface area contributed by atoms with Crippen LogP contribution in [0.1, 0.15) is 15.9 Å². The summed E-state index contributed by atoms with van der Waals surface area (Å²) in [5.41, 5.74) is 2.16. The molecular formula is C22H18N2O4. The van der Waals surface area contributed by atoms with E-state index in [2.05, 4.69) is 0 Å². The number of anilines is 2. The fourth-order valence-corrected chi connectivity index (χ4v) is 2.73. The maximum absolute atomic E-state index is 12.3. The van der Waals surface area contributed by atoms with E-state index in [4.69, 9.17) is 0 Å². The Morgan fingerprint density at radius 3 is 2.00 bits per heavy atom. The van der Waals surface area contributed by atoms with Crippen molar-refractivity contribution in [1.29, 1.82) is 0 Å². The van der Waals surface area contributed by atoms with Crippen molar-refractivity contribution < 1.29 is 14.8 Å². The van der Waals surface area contributed by atoms with Gasteiger partial charge in [0.25, 0.3) is 5.70 Å². The van der Waals surface area contributed by atoms with E-state index < -0.39 is 10.7 Å². The van der Waals surface area contributed by atoms with Gasteiger partial charge in [-0.3, -0.25) is 14.9 Å². The number of phenolic OH excluding ortho intramolecular Hbond substituents is 1. The predicted molar refractivity (Wildman–Crippen MR) is 108 cm³/mol. The quantitative estimate of drug-likeness (QED) is 0.294. The first-order valence-corrected chi connectivity index (χ1v) is 8.54. The van der Waals surface area contributed by atoms with E-state index in [1.54, 1.807) is 24.3 Å². The maximum Gasteiger partial charge on any atom is 0.280 e. The fourth-order valence-electron chi connectivity index (χ4n) is 2.73. The van der Waals surface area contributed by atoms with E-state index in [-0.39, 0.29) is 17.0 Å². The molecule has 0 saturated heterocycles. The molecule has 0 bridgehead atoms. The molecule has 0 saturated carbocycles. The van der Waals surface area contributed by atoms with Gasteiger partial charge in [0.1, 0.15) is 5.75 Å². The van der Waals surface area contributed by atoms with Crippen molar-refractivity contribution >= 4 is 22.9 Å². The SMILES string of the molecule is CN(c1ccccc1)c1ccc(C(=CC(=O)c2ccc(O)cc2)[N+](=O)[O-])cc1. The molecule has 3 aromatic rings. The number of hydrogen-bond acceptors (Lipinski definition) is 5. The monoisotopic (exact) mass is 374 g/mol. The van der Waals surface area contributed by atoms with Crippen molar-refractivity contribution in [3.05, 3.63) is 106 Å². The number of nitro groups is 1. The van der Waals surface area contributed by atoms with Crippen molar-refractivity contribution in [3.63, 3.8) is 0 Å². The normalized spacial score (nSPS) is 11.1. The summed E-state index contributed by atoms with van der Waals surface area (Å²) in [6, 6.07) is 22.1. The highest BCUT2D eigenvalue weighted by Crippen LogP contribution is 2.26. The molecule has 0 aliphatic rings. The van der Waals surface area contributed by atoms with Crippen LogP contribution in [0.3, 0.4) is 0 Å². The molecule has 3 aromatic carbocycles. The molecule has 0 spiro atoms. The van der Waals surface area contributed by atoms with E-state index in [1.807, 2.05) is 42.3 Å². The van der Waals surface area contributed by atoms with Gasteiger partial charge in [-0.15, -0.1) is 0 Å². The minimum absolute atomic E-state index is 0.0214. The van der Waals surface area contributed by atoms with Gasteiger partial charge in [0.2, 0.25) is 0 Å². The topological polar surface area (TPSA) is 83.7 Å². The third kappa shape index (κ3) is 4.24. The van der Waals surface area contributed by atoms with Crippen LogP contribution in [-0.2, 0) is 0 Å². The van der Waals surface area contributed by atoms with Crippen LogP contribution >= 0.6 is 0 Å². The summed E-state index contributed by atoms with van der Waals surface area (Å²) in [5, 5.41) is 20.8. The number of para-hydroxylation sites is 1. The van der Waals surface area contributed by atoms with Crippen LogP contribution in [-0.4, -0.2) is 22.9 Å². The van der Waals surface area contributed by atoms with Crippen LogP contribution < -0.4 is 4.90 Å². The molecule has 0 amide bonds. The highest BCUT2D eigenvalue weighted by molar-refractivity contribution is 6.07. The van der Waals surface area contributed by atoms with Crippen LogP contribution in [0.15, 0.2) is 84.9 Å². The van der Waals surface area contributed by atoms with Gasteiger partial charge in [-0.2, -0.15) is 0 Å². The number of carbonyl (C=O) groups is 1. The summed E-state index contributed by atoms with van der Waals surface area (Å²) >= 11 is 0. The molecule has 6 nitrogen and oxygen atoms in total. The second-order valence-electron chi connectivity index (χ2n) is 6.14. The molecule has 0 atom stereocenters. The Labute approximate surface area is 162 Å². The Morgan fingerprint density at radius 2 is 1.43 bits per heavy atom. The van der Waals surface area contributed by atoms with Crippen LogP contribution in [0.25, 0.3) is 5.70 Å². The summed E-state index contributed by atoms with van der Waals surface area (Å²) in [6.07, 6.45) is 1.00. The van der Waals surface area contributed by atoms with E-state index in [0.29, 0.717) is 5.56 Å². The fraction of sp³-hybridized carbons (Fsp3) is 0.0455. The third-order valence-electron chi connectivity index (χ3n) is 4.31. The maximum atomic E-state index is 12.3. The van der Waals surface area contributed by atoms with Crippen molar-refractivity contribution in [2.75, 3.05) is 11.9 Å². The lowest BCUT2D eigenvalue weighted by Gasteiger charge is -2.19. The van der Waals surface area contributed by atoms with E-state index >= 15 is 0 Å². The first-order valence-electron chi connectivity index (χ1n) is 8.54. The molecule has 0 aromatic heterocycles. The van der Waals surface area contributed by atoms with Gasteiger partial charge in [-0.1, -0.05) is 18.2 Å². The molecule has 140 valence electrons. The zero-order valence-electron chi connectivity index (χ0n) is 15.1. The summed E-state index contributed by atoms with van der Waals surface area (Å²) < 4.78 is 0. The van der Waals surface area contributed by atoms with Crippen molar-refractivity contribution in [3.8, 4) is 5.75 Å². The van der Waals surface area contributed by atoms with Gasteiger partial charge in [-0.05, 0) is 60.7 Å². The van der Waals surface area contributed by atoms with Crippen molar-refractivity contribution in [1.82, 2.24) is 0 Å². The van der Waals surface area contributed by atoms with E-state index in [1.165, 1.54) is 24.3 Å². The molecular weight excluding hydrogens is 356 g/mol. The molecule has 0 radical (unpaired) electrons. The van der Waals surface area contributed by atoms with Crippen LogP contribution in [0.2, 0.25) is 0 Å². The lowest BCUT2D eigenvalue weighted by atomic mass is 10.1. The van der Waals surface area contributed by atoms with Gasteiger partial charge < -0.3 is 10.0 Å². The summed E-state index contributed by atoms with van der Waals surface area (Å²) in [5.74, 6) is -0.481. The predicted octanol–water partition coefficient (Wildman–Crippen LogP) is 4.66. The van der Waals surface area contributed by atoms with Crippen molar-refractivity contribution in [2.24, 2.45) is 0 Å². The zero-order valence-corrected chi connectivity index (χ0v) is 15.1. The second kappa shape index (κ2) is 8.18. The Morgan fingerprint density at radius 1 is 0.893 bits per heavy atom. The molecule has 0 fully saturated rings. The lowest BCUT2D eigenvalue weighted by Crippen LogP contribution is -2.09. The number of phenols is 1. The number of allylic oxidation sites excluding steroid dienone is 1. The molecule has 28 heavy (non-hydrogen) atoms. The third-order valence-corrected chi connectivity index (χ3v) is 4.31. The number of hydrogen-bond donors (Lipinski definition) is 1. The first-order chi connectivity index (χ1) is 13.5. The molecule has 0 heterocycles. The number of ketones is 1. The number of nitrogens with zero attached hydrogens (tertiary/aromatic N) is 2. The standard InChI is InChI=1S/C22H18N2O4/c1-23(18-5-3-2-4-6-18)19-11-7-16(8-12-19)21(24(27)28)15-22(26)17-9-13-20(25)14-10-17/h2-15,25H,1H3. The molecule has 3 rings (SSSR count). The minimum Gasteiger partial charge on any atom is -0.508 e. The van der Waals surface area contributed by atoms with Gasteiger partial charge in [0, 0.05) is 24.0 Å². The summed E-state index contributed by atoms with van der Waals surface area (Å²) in [4.78, 5) is 25.2. The van der Waals surface area contributed by atoms with Crippen LogP contribution in [0.4, 0.5) is 11.4 Å². The molecule has 0 aliphatic heterocycles. The second-order valence-corrected chi connectivity index (χ2v) is 6.14. The van der Waals surface area contributed by atoms with Gasteiger partial charge in [0.15, 0.2) is 5.78 Å². The number of rotatable bonds is 6. The highest BCUT2D eigenvalue weighted by Gasteiger charge is 2.18. The average molecular weight is 374 g/mol. The number of benzene rings is 3. The molecule has 0 aliphatic carbocycles. The minimum atomic E-state index is -0.575. The summed E-state index contributed by atoms with van der Waals surface area (Å²) in [7, 11) is 1.91. The smallest absolute Gasteiger partial charge is 0.280 e. The molecule has 0 unspecified atom stereocenters. The Hall–Kier alpha value is -3.93. The van der Waals surface area contributed by atoms with E-state index in [0.717, 1.165) is 17.5 Å². The Kier molecular flexibility index (Phi) is 5.50. The largest absolute Gasteiger partial charge is 0.508 e. The van der Waals surface area contributed by atoms with Crippen molar-refractivity contribution in [2.45, 2.75) is 0 Å². The van der Waals surface area contributed by atoms with Gasteiger partial charge >= 0.3 is 0 Å². The lowest BCUT2D eigenvalue weighted by molar-refractivity contribution is -0.375. The Balaban J connectivity index is 1.87. The Bertz CT molecular complexity index is 1010. The number of aromatic hydroxyl groups is 1.